The average molecular weight is 545 g/mol. The lowest BCUT2D eigenvalue weighted by atomic mass is 9.96. The molecule has 0 radical (unpaired) electrons. The number of rotatable bonds is 9. The Hall–Kier alpha value is -4.27. The number of anilines is 1. The van der Waals surface area contributed by atoms with Gasteiger partial charge in [-0.05, 0) is 62.9 Å². The molecular weight excluding hydrogens is 508 g/mol. The second-order valence-electron chi connectivity index (χ2n) is 10.3. The SMILES string of the molecule is COc1cccc(C(=O)NC2C[C@H]3CC[C@@H](C2)N3c2ccc(C(=O)NCc3cccc(OC)c3OC)cn2)c1C. The van der Waals surface area contributed by atoms with Crippen molar-refractivity contribution in [1.29, 1.82) is 0 Å². The van der Waals surface area contributed by atoms with Gasteiger partial charge in [0.15, 0.2) is 11.5 Å². The maximum Gasteiger partial charge on any atom is 0.253 e. The number of para-hydroxylation sites is 1. The number of aromatic nitrogens is 1. The summed E-state index contributed by atoms with van der Waals surface area (Å²) in [6, 6.07) is 15.6. The molecule has 9 nitrogen and oxygen atoms in total. The highest BCUT2D eigenvalue weighted by Gasteiger charge is 2.42. The number of fused-ring (bicyclic) bond motifs is 2. The number of ether oxygens (including phenoxy) is 3. The summed E-state index contributed by atoms with van der Waals surface area (Å²) in [4.78, 5) is 32.9. The Labute approximate surface area is 234 Å². The molecule has 2 saturated heterocycles. The van der Waals surface area contributed by atoms with Gasteiger partial charge in [0.2, 0.25) is 0 Å². The van der Waals surface area contributed by atoms with Crippen molar-refractivity contribution in [1.82, 2.24) is 15.6 Å². The predicted molar refractivity (Wildman–Crippen MR) is 152 cm³/mol. The molecule has 2 amide bonds. The van der Waals surface area contributed by atoms with E-state index in [2.05, 4.69) is 20.5 Å². The number of carbonyl (C=O) groups is 2. The Morgan fingerprint density at radius 1 is 0.900 bits per heavy atom. The minimum Gasteiger partial charge on any atom is -0.496 e. The molecule has 210 valence electrons. The van der Waals surface area contributed by atoms with Gasteiger partial charge in [-0.1, -0.05) is 18.2 Å². The summed E-state index contributed by atoms with van der Waals surface area (Å²) in [6.45, 7) is 2.21. The summed E-state index contributed by atoms with van der Waals surface area (Å²) >= 11 is 0. The third-order valence-electron chi connectivity index (χ3n) is 8.02. The van der Waals surface area contributed by atoms with Gasteiger partial charge in [-0.2, -0.15) is 0 Å². The summed E-state index contributed by atoms with van der Waals surface area (Å²) < 4.78 is 16.2. The zero-order valence-electron chi connectivity index (χ0n) is 23.4. The largest absolute Gasteiger partial charge is 0.496 e. The molecule has 0 spiro atoms. The molecule has 3 atom stereocenters. The highest BCUT2D eigenvalue weighted by atomic mass is 16.5. The summed E-state index contributed by atoms with van der Waals surface area (Å²) in [6.07, 6.45) is 5.46. The van der Waals surface area contributed by atoms with Crippen molar-refractivity contribution in [2.24, 2.45) is 0 Å². The number of methoxy groups -OCH3 is 3. The Morgan fingerprint density at radius 3 is 2.25 bits per heavy atom. The molecule has 0 aliphatic carbocycles. The van der Waals surface area contributed by atoms with E-state index in [9.17, 15) is 9.59 Å². The van der Waals surface area contributed by atoms with E-state index in [1.54, 1.807) is 27.5 Å². The number of piperidine rings is 1. The summed E-state index contributed by atoms with van der Waals surface area (Å²) in [5.41, 5.74) is 2.81. The fourth-order valence-corrected chi connectivity index (χ4v) is 6.06. The maximum absolute atomic E-state index is 13.1. The molecule has 2 aromatic carbocycles. The molecule has 2 aliphatic rings. The number of benzene rings is 2. The highest BCUT2D eigenvalue weighted by molar-refractivity contribution is 5.96. The van der Waals surface area contributed by atoms with E-state index < -0.39 is 0 Å². The number of carbonyl (C=O) groups excluding carboxylic acids is 2. The molecule has 3 aromatic rings. The highest BCUT2D eigenvalue weighted by Crippen LogP contribution is 2.39. The van der Waals surface area contributed by atoms with Crippen LogP contribution in [0.25, 0.3) is 0 Å². The molecule has 40 heavy (non-hydrogen) atoms. The van der Waals surface area contributed by atoms with Crippen LogP contribution in [0.5, 0.6) is 17.2 Å². The van der Waals surface area contributed by atoms with Gasteiger partial charge in [0.25, 0.3) is 11.8 Å². The topological polar surface area (TPSA) is 102 Å². The molecule has 2 N–H and O–H groups in total. The third-order valence-corrected chi connectivity index (χ3v) is 8.02. The summed E-state index contributed by atoms with van der Waals surface area (Å²) in [5.74, 6) is 2.54. The standard InChI is InChI=1S/C31H36N4O5/c1-19-25(8-6-9-26(19)38-2)31(37)34-22-15-23-12-13-24(16-22)35(23)28-14-11-21(18-32-28)30(36)33-17-20-7-5-10-27(39-3)29(20)40-4/h5-11,14,18,22-24H,12-13,15-17H2,1-4H3,(H,33,36)(H,34,37)/t22?,23-,24+. The van der Waals surface area contributed by atoms with Crippen LogP contribution in [0, 0.1) is 6.92 Å². The van der Waals surface area contributed by atoms with Crippen molar-refractivity contribution in [3.8, 4) is 17.2 Å². The number of nitrogens with zero attached hydrogens (tertiary/aromatic N) is 2. The van der Waals surface area contributed by atoms with E-state index >= 15 is 0 Å². The first-order valence-electron chi connectivity index (χ1n) is 13.6. The molecule has 2 fully saturated rings. The van der Waals surface area contributed by atoms with Crippen LogP contribution in [0.15, 0.2) is 54.7 Å². The molecule has 1 unspecified atom stereocenters. The molecule has 1 aromatic heterocycles. The fraction of sp³-hybridized carbons (Fsp3) is 0.387. The van der Waals surface area contributed by atoms with Crippen LogP contribution in [0.1, 0.15) is 57.5 Å². The zero-order chi connectivity index (χ0) is 28.2. The second-order valence-corrected chi connectivity index (χ2v) is 10.3. The van der Waals surface area contributed by atoms with Crippen molar-refractivity contribution < 1.29 is 23.8 Å². The van der Waals surface area contributed by atoms with Gasteiger partial charge in [-0.15, -0.1) is 0 Å². The average Bonchev–Trinajstić information content (AvgIpc) is 3.25. The molecule has 3 heterocycles. The number of pyridine rings is 1. The lowest BCUT2D eigenvalue weighted by Crippen LogP contribution is -2.50. The zero-order valence-corrected chi connectivity index (χ0v) is 23.4. The maximum atomic E-state index is 13.1. The van der Waals surface area contributed by atoms with Gasteiger partial charge in [0.1, 0.15) is 11.6 Å². The molecule has 5 rings (SSSR count). The molecule has 2 aliphatic heterocycles. The van der Waals surface area contributed by atoms with E-state index in [1.165, 1.54) is 0 Å². The molecular formula is C31H36N4O5. The summed E-state index contributed by atoms with van der Waals surface area (Å²) in [7, 11) is 4.78. The molecule has 2 bridgehead atoms. The Balaban J connectivity index is 1.20. The van der Waals surface area contributed by atoms with Crippen molar-refractivity contribution in [3.05, 3.63) is 77.0 Å². The first-order valence-corrected chi connectivity index (χ1v) is 13.6. The minimum atomic E-state index is -0.207. The van der Waals surface area contributed by atoms with Crippen LogP contribution in [-0.2, 0) is 6.54 Å². The second kappa shape index (κ2) is 11.9. The summed E-state index contributed by atoms with van der Waals surface area (Å²) in [5, 5.41) is 6.20. The number of nitrogens with one attached hydrogen (secondary N) is 2. The predicted octanol–water partition coefficient (Wildman–Crippen LogP) is 4.28. The van der Waals surface area contributed by atoms with Gasteiger partial charge in [0, 0.05) is 47.6 Å². The van der Waals surface area contributed by atoms with E-state index in [4.69, 9.17) is 14.2 Å². The normalized spacial score (nSPS) is 19.6. The molecule has 0 saturated carbocycles. The quantitative estimate of drug-likeness (QED) is 0.415. The lowest BCUT2D eigenvalue weighted by Gasteiger charge is -2.40. The van der Waals surface area contributed by atoms with E-state index in [1.807, 2.05) is 55.5 Å². The van der Waals surface area contributed by atoms with Gasteiger partial charge >= 0.3 is 0 Å². The van der Waals surface area contributed by atoms with Crippen LogP contribution < -0.4 is 29.7 Å². The van der Waals surface area contributed by atoms with Gasteiger partial charge in [0.05, 0.1) is 26.9 Å². The van der Waals surface area contributed by atoms with Gasteiger partial charge in [-0.3, -0.25) is 9.59 Å². The van der Waals surface area contributed by atoms with Crippen molar-refractivity contribution in [2.45, 2.75) is 57.3 Å². The van der Waals surface area contributed by atoms with Crippen LogP contribution in [0.3, 0.4) is 0 Å². The Kier molecular flexibility index (Phi) is 8.09. The van der Waals surface area contributed by atoms with Crippen LogP contribution in [0.4, 0.5) is 5.82 Å². The van der Waals surface area contributed by atoms with Crippen molar-refractivity contribution in [3.63, 3.8) is 0 Å². The van der Waals surface area contributed by atoms with Crippen LogP contribution in [0.2, 0.25) is 0 Å². The Morgan fingerprint density at radius 2 is 1.60 bits per heavy atom. The van der Waals surface area contributed by atoms with Crippen LogP contribution >= 0.6 is 0 Å². The first kappa shape index (κ1) is 27.3. The minimum absolute atomic E-state index is 0.0608. The first-order chi connectivity index (χ1) is 19.4. The molecule has 9 heteroatoms. The monoisotopic (exact) mass is 544 g/mol. The van der Waals surface area contributed by atoms with E-state index in [0.717, 1.165) is 42.6 Å². The van der Waals surface area contributed by atoms with Gasteiger partial charge < -0.3 is 29.7 Å². The number of amides is 2. The fourth-order valence-electron chi connectivity index (χ4n) is 6.06. The van der Waals surface area contributed by atoms with Gasteiger partial charge in [-0.25, -0.2) is 4.98 Å². The van der Waals surface area contributed by atoms with Crippen molar-refractivity contribution in [2.75, 3.05) is 26.2 Å². The smallest absolute Gasteiger partial charge is 0.253 e. The van der Waals surface area contributed by atoms with Crippen LogP contribution in [-0.4, -0.2) is 56.3 Å². The Bertz CT molecular complexity index is 1360. The number of hydrogen-bond acceptors (Lipinski definition) is 7. The lowest BCUT2D eigenvalue weighted by molar-refractivity contribution is 0.0923. The van der Waals surface area contributed by atoms with E-state index in [-0.39, 0.29) is 17.9 Å². The number of hydrogen-bond donors (Lipinski definition) is 2. The van der Waals surface area contributed by atoms with Crippen molar-refractivity contribution >= 4 is 17.6 Å². The third kappa shape index (κ3) is 5.41. The van der Waals surface area contributed by atoms with E-state index in [0.29, 0.717) is 47.0 Å².